The van der Waals surface area contributed by atoms with Gasteiger partial charge in [-0.15, -0.1) is 0 Å². The Bertz CT molecular complexity index is 1130. The van der Waals surface area contributed by atoms with Gasteiger partial charge in [0.25, 0.3) is 0 Å². The fourth-order valence-electron chi connectivity index (χ4n) is 2.77. The van der Waals surface area contributed by atoms with E-state index in [4.69, 9.17) is 4.74 Å². The largest absolute Gasteiger partial charge is 0.497 e. The third-order valence-electron chi connectivity index (χ3n) is 4.45. The van der Waals surface area contributed by atoms with Crippen molar-refractivity contribution in [3.8, 4) is 5.75 Å². The molecular weight excluding hydrogens is 352 g/mol. The molecule has 28 heavy (non-hydrogen) atoms. The van der Waals surface area contributed by atoms with Crippen LogP contribution in [0.1, 0.15) is 11.1 Å². The van der Waals surface area contributed by atoms with Crippen LogP contribution in [0.4, 0.5) is 23.1 Å². The second kappa shape index (κ2) is 7.48. The minimum atomic E-state index is 0.451. The Kier molecular flexibility index (Phi) is 4.72. The molecule has 0 aliphatic heterocycles. The van der Waals surface area contributed by atoms with Crippen LogP contribution in [0.25, 0.3) is 11.2 Å². The van der Waals surface area contributed by atoms with E-state index in [1.165, 1.54) is 11.1 Å². The average Bonchev–Trinajstić information content (AvgIpc) is 2.71. The van der Waals surface area contributed by atoms with Crippen molar-refractivity contribution < 1.29 is 4.74 Å². The SMILES string of the molecule is COc1ccc(Nc2nc(Nc3ccc(C)c(C)c3)nc3nccnc23)cc1. The summed E-state index contributed by atoms with van der Waals surface area (Å²) in [5, 5.41) is 6.55. The van der Waals surface area contributed by atoms with E-state index < -0.39 is 0 Å². The number of nitrogens with zero attached hydrogens (tertiary/aromatic N) is 4. The molecule has 2 aromatic heterocycles. The van der Waals surface area contributed by atoms with Crippen molar-refractivity contribution in [3.05, 3.63) is 66.0 Å². The molecule has 0 unspecified atom stereocenters. The van der Waals surface area contributed by atoms with Crippen molar-refractivity contribution in [3.63, 3.8) is 0 Å². The Labute approximate surface area is 162 Å². The Morgan fingerprint density at radius 1 is 0.786 bits per heavy atom. The van der Waals surface area contributed by atoms with Gasteiger partial charge in [0.05, 0.1) is 7.11 Å². The fraction of sp³-hybridized carbons (Fsp3) is 0.143. The van der Waals surface area contributed by atoms with Crippen LogP contribution in [0.15, 0.2) is 54.9 Å². The van der Waals surface area contributed by atoms with Gasteiger partial charge >= 0.3 is 0 Å². The van der Waals surface area contributed by atoms with E-state index in [0.29, 0.717) is 22.9 Å². The van der Waals surface area contributed by atoms with Gasteiger partial charge in [-0.25, -0.2) is 9.97 Å². The van der Waals surface area contributed by atoms with Crippen LogP contribution in [-0.4, -0.2) is 27.0 Å². The zero-order valence-corrected chi connectivity index (χ0v) is 15.9. The summed E-state index contributed by atoms with van der Waals surface area (Å²) in [6.45, 7) is 4.15. The third kappa shape index (κ3) is 3.68. The molecule has 0 saturated heterocycles. The van der Waals surface area contributed by atoms with Gasteiger partial charge in [0, 0.05) is 23.8 Å². The smallest absolute Gasteiger partial charge is 0.231 e. The summed E-state index contributed by atoms with van der Waals surface area (Å²) >= 11 is 0. The van der Waals surface area contributed by atoms with Crippen LogP contribution in [0.2, 0.25) is 0 Å². The van der Waals surface area contributed by atoms with Gasteiger partial charge in [0.15, 0.2) is 17.0 Å². The van der Waals surface area contributed by atoms with E-state index in [2.05, 4.69) is 56.5 Å². The van der Waals surface area contributed by atoms with E-state index >= 15 is 0 Å². The highest BCUT2D eigenvalue weighted by Gasteiger charge is 2.11. The molecule has 4 aromatic rings. The minimum Gasteiger partial charge on any atom is -0.497 e. The Hall–Kier alpha value is -3.74. The van der Waals surface area contributed by atoms with E-state index in [1.807, 2.05) is 30.3 Å². The number of ether oxygens (including phenoxy) is 1. The number of fused-ring (bicyclic) bond motifs is 1. The predicted molar refractivity (Wildman–Crippen MR) is 111 cm³/mol. The molecule has 0 atom stereocenters. The lowest BCUT2D eigenvalue weighted by Crippen LogP contribution is -2.04. The summed E-state index contributed by atoms with van der Waals surface area (Å²) < 4.78 is 5.21. The molecule has 0 aliphatic carbocycles. The fourth-order valence-corrected chi connectivity index (χ4v) is 2.77. The first-order valence-corrected chi connectivity index (χ1v) is 8.86. The zero-order chi connectivity index (χ0) is 19.5. The normalized spacial score (nSPS) is 10.7. The Morgan fingerprint density at radius 3 is 2.29 bits per heavy atom. The van der Waals surface area contributed by atoms with Gasteiger partial charge in [-0.1, -0.05) is 6.07 Å². The highest BCUT2D eigenvalue weighted by molar-refractivity contribution is 5.86. The molecule has 0 spiro atoms. The summed E-state index contributed by atoms with van der Waals surface area (Å²) in [6.07, 6.45) is 3.24. The molecule has 2 N–H and O–H groups in total. The monoisotopic (exact) mass is 372 g/mol. The average molecular weight is 372 g/mol. The first-order valence-electron chi connectivity index (χ1n) is 8.86. The molecule has 0 radical (unpaired) electrons. The number of aromatic nitrogens is 4. The summed E-state index contributed by atoms with van der Waals surface area (Å²) in [7, 11) is 1.64. The van der Waals surface area contributed by atoms with Crippen molar-refractivity contribution >= 4 is 34.3 Å². The molecule has 0 amide bonds. The van der Waals surface area contributed by atoms with Crippen molar-refractivity contribution in [2.24, 2.45) is 0 Å². The highest BCUT2D eigenvalue weighted by Crippen LogP contribution is 2.25. The summed E-state index contributed by atoms with van der Waals surface area (Å²) in [4.78, 5) is 17.8. The lowest BCUT2D eigenvalue weighted by molar-refractivity contribution is 0.415. The van der Waals surface area contributed by atoms with Gasteiger partial charge < -0.3 is 15.4 Å². The molecule has 2 heterocycles. The summed E-state index contributed by atoms with van der Waals surface area (Å²) in [5.74, 6) is 1.82. The van der Waals surface area contributed by atoms with Crippen molar-refractivity contribution in [2.45, 2.75) is 13.8 Å². The van der Waals surface area contributed by atoms with Crippen LogP contribution in [0, 0.1) is 13.8 Å². The summed E-state index contributed by atoms with van der Waals surface area (Å²) in [6, 6.07) is 13.7. The van der Waals surface area contributed by atoms with E-state index in [9.17, 15) is 0 Å². The molecule has 4 rings (SSSR count). The standard InChI is InChI=1S/C21H20N6O/c1-13-4-5-16(12-14(13)2)25-21-26-19-18(22-10-11-23-19)20(27-21)24-15-6-8-17(28-3)9-7-15/h4-12H,1-3H3,(H2,23,24,25,26,27). The Morgan fingerprint density at radius 2 is 1.54 bits per heavy atom. The van der Waals surface area contributed by atoms with Gasteiger partial charge in [-0.3, -0.25) is 0 Å². The van der Waals surface area contributed by atoms with Crippen molar-refractivity contribution in [1.82, 2.24) is 19.9 Å². The predicted octanol–water partition coefficient (Wildman–Crippen LogP) is 4.53. The zero-order valence-electron chi connectivity index (χ0n) is 15.9. The lowest BCUT2D eigenvalue weighted by atomic mass is 10.1. The molecule has 0 aliphatic rings. The van der Waals surface area contributed by atoms with Crippen LogP contribution in [0.5, 0.6) is 5.75 Å². The molecule has 2 aromatic carbocycles. The summed E-state index contributed by atoms with van der Waals surface area (Å²) in [5.41, 5.74) is 5.33. The number of benzene rings is 2. The number of hydrogen-bond donors (Lipinski definition) is 2. The van der Waals surface area contributed by atoms with Crippen molar-refractivity contribution in [2.75, 3.05) is 17.7 Å². The van der Waals surface area contributed by atoms with Crippen LogP contribution in [0.3, 0.4) is 0 Å². The van der Waals surface area contributed by atoms with Gasteiger partial charge in [-0.05, 0) is 61.4 Å². The highest BCUT2D eigenvalue weighted by atomic mass is 16.5. The number of nitrogens with one attached hydrogen (secondary N) is 2. The molecule has 7 heteroatoms. The maximum absolute atomic E-state index is 5.21. The molecular formula is C21H20N6O. The topological polar surface area (TPSA) is 84.9 Å². The van der Waals surface area contributed by atoms with Gasteiger partial charge in [-0.2, -0.15) is 9.97 Å². The van der Waals surface area contributed by atoms with Crippen LogP contribution < -0.4 is 15.4 Å². The number of hydrogen-bond acceptors (Lipinski definition) is 7. The maximum Gasteiger partial charge on any atom is 0.231 e. The number of aryl methyl sites for hydroxylation is 2. The van der Waals surface area contributed by atoms with E-state index in [0.717, 1.165) is 17.1 Å². The molecule has 0 saturated carbocycles. The molecule has 7 nitrogen and oxygen atoms in total. The first-order chi connectivity index (χ1) is 13.6. The molecule has 140 valence electrons. The van der Waals surface area contributed by atoms with E-state index in [-0.39, 0.29) is 0 Å². The second-order valence-corrected chi connectivity index (χ2v) is 6.40. The van der Waals surface area contributed by atoms with Crippen molar-refractivity contribution in [1.29, 1.82) is 0 Å². The first kappa shape index (κ1) is 17.7. The third-order valence-corrected chi connectivity index (χ3v) is 4.45. The lowest BCUT2D eigenvalue weighted by Gasteiger charge is -2.12. The van der Waals surface area contributed by atoms with Gasteiger partial charge in [0.1, 0.15) is 5.75 Å². The number of anilines is 4. The molecule has 0 fully saturated rings. The molecule has 0 bridgehead atoms. The number of rotatable bonds is 5. The Balaban J connectivity index is 1.70. The second-order valence-electron chi connectivity index (χ2n) is 6.40. The van der Waals surface area contributed by atoms with E-state index in [1.54, 1.807) is 19.5 Å². The number of methoxy groups -OCH3 is 1. The maximum atomic E-state index is 5.21. The quantitative estimate of drug-likeness (QED) is 0.532. The van der Waals surface area contributed by atoms with Crippen LogP contribution >= 0.6 is 0 Å². The minimum absolute atomic E-state index is 0.451. The van der Waals surface area contributed by atoms with Crippen LogP contribution in [-0.2, 0) is 0 Å². The van der Waals surface area contributed by atoms with Gasteiger partial charge in [0.2, 0.25) is 5.95 Å².